The number of benzene rings is 1. The molecule has 0 aliphatic heterocycles. The highest BCUT2D eigenvalue weighted by molar-refractivity contribution is 6.31. The van der Waals surface area contributed by atoms with Gasteiger partial charge in [0.25, 0.3) is 0 Å². The Morgan fingerprint density at radius 3 is 2.65 bits per heavy atom. The van der Waals surface area contributed by atoms with E-state index in [0.29, 0.717) is 17.1 Å². The van der Waals surface area contributed by atoms with Crippen LogP contribution in [0.25, 0.3) is 0 Å². The van der Waals surface area contributed by atoms with Gasteiger partial charge in [0.1, 0.15) is 0 Å². The Kier molecular flexibility index (Phi) is 4.93. The smallest absolute Gasteiger partial charge is 0.339 e. The van der Waals surface area contributed by atoms with Gasteiger partial charge < -0.3 is 14.7 Å². The fraction of sp³-hybridized carbons (Fsp3) is 0.417. The van der Waals surface area contributed by atoms with Crippen LogP contribution in [0.4, 0.5) is 0 Å². The molecule has 1 aromatic rings. The fourth-order valence-electron chi connectivity index (χ4n) is 1.45. The van der Waals surface area contributed by atoms with Gasteiger partial charge in [0.05, 0.1) is 7.11 Å². The van der Waals surface area contributed by atoms with Gasteiger partial charge >= 0.3 is 5.97 Å². The van der Waals surface area contributed by atoms with Gasteiger partial charge in [-0.2, -0.15) is 0 Å². The van der Waals surface area contributed by atoms with Gasteiger partial charge in [-0.15, -0.1) is 0 Å². The maximum atomic E-state index is 11.2. The molecule has 0 aliphatic carbocycles. The number of aliphatic hydroxyl groups excluding tert-OH is 1. The molecule has 4 nitrogen and oxygen atoms in total. The number of ether oxygens (including phenoxy) is 1. The van der Waals surface area contributed by atoms with Crippen molar-refractivity contribution in [1.29, 1.82) is 0 Å². The summed E-state index contributed by atoms with van der Waals surface area (Å²) < 4.78 is 4.46. The minimum atomic E-state index is -1.29. The predicted molar refractivity (Wildman–Crippen MR) is 65.8 cm³/mol. The number of hydrogen-bond donors (Lipinski definition) is 1. The fourth-order valence-corrected chi connectivity index (χ4v) is 1.70. The Balaban J connectivity index is 2.92. The Labute approximate surface area is 106 Å². The molecule has 0 saturated heterocycles. The Bertz CT molecular complexity index is 407. The van der Waals surface area contributed by atoms with Gasteiger partial charge in [0.15, 0.2) is 6.10 Å². The highest BCUT2D eigenvalue weighted by Crippen LogP contribution is 2.23. The maximum Gasteiger partial charge on any atom is 0.339 e. The summed E-state index contributed by atoms with van der Waals surface area (Å²) in [5, 5.41) is 10.2. The summed E-state index contributed by atoms with van der Waals surface area (Å²) in [6.07, 6.45) is -1.29. The van der Waals surface area contributed by atoms with Crippen LogP contribution in [0, 0.1) is 0 Å². The monoisotopic (exact) mass is 257 g/mol. The van der Waals surface area contributed by atoms with E-state index in [1.807, 2.05) is 19.0 Å². The van der Waals surface area contributed by atoms with E-state index in [1.165, 1.54) is 7.11 Å². The van der Waals surface area contributed by atoms with Crippen molar-refractivity contribution in [3.63, 3.8) is 0 Å². The molecular formula is C12H16ClNO3. The van der Waals surface area contributed by atoms with Crippen LogP contribution in [0.3, 0.4) is 0 Å². The number of esters is 1. The van der Waals surface area contributed by atoms with E-state index in [-0.39, 0.29) is 0 Å². The van der Waals surface area contributed by atoms with Gasteiger partial charge in [0.2, 0.25) is 0 Å². The lowest BCUT2D eigenvalue weighted by Crippen LogP contribution is -2.14. The van der Waals surface area contributed by atoms with Crippen molar-refractivity contribution in [3.8, 4) is 0 Å². The SMILES string of the molecule is COC(=O)C(O)c1ccc(CN(C)C)c(Cl)c1. The number of carbonyl (C=O) groups excluding carboxylic acids is 1. The maximum absolute atomic E-state index is 11.2. The largest absolute Gasteiger partial charge is 0.467 e. The first kappa shape index (κ1) is 14.0. The number of nitrogens with zero attached hydrogens (tertiary/aromatic N) is 1. The molecule has 5 heteroatoms. The predicted octanol–water partition coefficient (Wildman–Crippen LogP) is 1.61. The second-order valence-corrected chi connectivity index (χ2v) is 4.42. The molecule has 1 atom stereocenters. The summed E-state index contributed by atoms with van der Waals surface area (Å²) in [6.45, 7) is 0.702. The van der Waals surface area contributed by atoms with Gasteiger partial charge in [-0.1, -0.05) is 23.7 Å². The number of aliphatic hydroxyl groups is 1. The number of carbonyl (C=O) groups is 1. The highest BCUT2D eigenvalue weighted by atomic mass is 35.5. The zero-order valence-electron chi connectivity index (χ0n) is 10.1. The third-order valence-corrected chi connectivity index (χ3v) is 2.66. The van der Waals surface area contributed by atoms with E-state index in [1.54, 1.807) is 18.2 Å². The van der Waals surface area contributed by atoms with Crippen molar-refractivity contribution in [2.24, 2.45) is 0 Å². The Hall–Kier alpha value is -1.10. The van der Waals surface area contributed by atoms with Crippen LogP contribution in [0.5, 0.6) is 0 Å². The minimum absolute atomic E-state index is 0.435. The molecule has 0 aliphatic rings. The Morgan fingerprint density at radius 2 is 2.18 bits per heavy atom. The van der Waals surface area contributed by atoms with E-state index in [4.69, 9.17) is 11.6 Å². The molecule has 0 radical (unpaired) electrons. The van der Waals surface area contributed by atoms with Crippen LogP contribution in [0.1, 0.15) is 17.2 Å². The van der Waals surface area contributed by atoms with Crippen molar-refractivity contribution in [3.05, 3.63) is 34.3 Å². The quantitative estimate of drug-likeness (QED) is 0.833. The van der Waals surface area contributed by atoms with E-state index in [9.17, 15) is 9.90 Å². The van der Waals surface area contributed by atoms with Crippen LogP contribution in [-0.4, -0.2) is 37.2 Å². The number of rotatable bonds is 4. The van der Waals surface area contributed by atoms with Gasteiger partial charge in [0, 0.05) is 11.6 Å². The summed E-state index contributed by atoms with van der Waals surface area (Å²) in [5.74, 6) is -0.693. The molecule has 1 N–H and O–H groups in total. The molecule has 94 valence electrons. The van der Waals surface area contributed by atoms with E-state index in [0.717, 1.165) is 5.56 Å². The van der Waals surface area contributed by atoms with Gasteiger partial charge in [-0.3, -0.25) is 0 Å². The van der Waals surface area contributed by atoms with Crippen LogP contribution in [0.15, 0.2) is 18.2 Å². The zero-order chi connectivity index (χ0) is 13.0. The summed E-state index contributed by atoms with van der Waals surface area (Å²) in [7, 11) is 5.11. The van der Waals surface area contributed by atoms with Crippen molar-refractivity contribution in [2.75, 3.05) is 21.2 Å². The first-order valence-corrected chi connectivity index (χ1v) is 5.52. The third kappa shape index (κ3) is 3.70. The topological polar surface area (TPSA) is 49.8 Å². The molecule has 0 heterocycles. The second kappa shape index (κ2) is 6.00. The molecule has 0 aromatic heterocycles. The number of hydrogen-bond acceptors (Lipinski definition) is 4. The zero-order valence-corrected chi connectivity index (χ0v) is 10.9. The first-order valence-electron chi connectivity index (χ1n) is 5.14. The van der Waals surface area contributed by atoms with Crippen LogP contribution in [0.2, 0.25) is 5.02 Å². The molecule has 1 aromatic carbocycles. The minimum Gasteiger partial charge on any atom is -0.467 e. The van der Waals surface area contributed by atoms with Crippen molar-refractivity contribution in [1.82, 2.24) is 4.90 Å². The lowest BCUT2D eigenvalue weighted by atomic mass is 10.1. The Morgan fingerprint density at radius 1 is 1.53 bits per heavy atom. The second-order valence-electron chi connectivity index (χ2n) is 4.01. The van der Waals surface area contributed by atoms with Crippen molar-refractivity contribution < 1.29 is 14.6 Å². The van der Waals surface area contributed by atoms with E-state index < -0.39 is 12.1 Å². The third-order valence-electron chi connectivity index (χ3n) is 2.30. The lowest BCUT2D eigenvalue weighted by molar-refractivity contribution is -0.150. The number of methoxy groups -OCH3 is 1. The summed E-state index contributed by atoms with van der Waals surface area (Å²) >= 11 is 6.08. The average molecular weight is 258 g/mol. The molecular weight excluding hydrogens is 242 g/mol. The normalized spacial score (nSPS) is 12.6. The van der Waals surface area contributed by atoms with Crippen molar-refractivity contribution in [2.45, 2.75) is 12.6 Å². The van der Waals surface area contributed by atoms with E-state index >= 15 is 0 Å². The molecule has 0 amide bonds. The molecule has 0 bridgehead atoms. The van der Waals surface area contributed by atoms with Gasteiger partial charge in [-0.05, 0) is 31.3 Å². The van der Waals surface area contributed by atoms with Crippen LogP contribution >= 0.6 is 11.6 Å². The first-order chi connectivity index (χ1) is 7.95. The highest BCUT2D eigenvalue weighted by Gasteiger charge is 2.18. The molecule has 1 unspecified atom stereocenters. The average Bonchev–Trinajstić information content (AvgIpc) is 2.29. The summed E-state index contributed by atoms with van der Waals surface area (Å²) in [5.41, 5.74) is 1.38. The van der Waals surface area contributed by atoms with E-state index in [2.05, 4.69) is 4.74 Å². The molecule has 17 heavy (non-hydrogen) atoms. The number of halogens is 1. The lowest BCUT2D eigenvalue weighted by Gasteiger charge is -2.14. The molecule has 0 saturated carbocycles. The van der Waals surface area contributed by atoms with Crippen LogP contribution < -0.4 is 0 Å². The standard InChI is InChI=1S/C12H16ClNO3/c1-14(2)7-9-5-4-8(6-10(9)13)11(15)12(16)17-3/h4-6,11,15H,7H2,1-3H3. The van der Waals surface area contributed by atoms with Crippen molar-refractivity contribution >= 4 is 17.6 Å². The molecule has 0 spiro atoms. The van der Waals surface area contributed by atoms with Gasteiger partial charge in [-0.25, -0.2) is 4.79 Å². The van der Waals surface area contributed by atoms with Crippen LogP contribution in [-0.2, 0) is 16.1 Å². The molecule has 0 fully saturated rings. The molecule has 1 rings (SSSR count). The summed E-state index contributed by atoms with van der Waals surface area (Å²) in [4.78, 5) is 13.1. The summed E-state index contributed by atoms with van der Waals surface area (Å²) in [6, 6.07) is 5.05.